The zero-order valence-corrected chi connectivity index (χ0v) is 9.71. The van der Waals surface area contributed by atoms with Gasteiger partial charge in [0, 0.05) is 6.21 Å². The molecular weight excluding hydrogens is 206 g/mol. The third kappa shape index (κ3) is 3.15. The summed E-state index contributed by atoms with van der Waals surface area (Å²) < 4.78 is 0. The molecule has 2 aromatic rings. The van der Waals surface area contributed by atoms with Crippen LogP contribution < -0.4 is 0 Å². The maximum atomic E-state index is 4.46. The van der Waals surface area contributed by atoms with Crippen LogP contribution in [0.2, 0.25) is 0 Å². The van der Waals surface area contributed by atoms with Gasteiger partial charge in [-0.15, -0.1) is 6.58 Å². The second-order valence-electron chi connectivity index (χ2n) is 3.79. The SMILES string of the molecule is C=CCc1ccccc1/C=N\c1ccccc1. The van der Waals surface area contributed by atoms with Crippen LogP contribution in [0.25, 0.3) is 0 Å². The molecule has 0 unspecified atom stereocenters. The molecule has 0 aromatic heterocycles. The summed E-state index contributed by atoms with van der Waals surface area (Å²) >= 11 is 0. The largest absolute Gasteiger partial charge is 0.256 e. The molecule has 0 atom stereocenters. The molecule has 2 rings (SSSR count). The van der Waals surface area contributed by atoms with E-state index in [9.17, 15) is 0 Å². The van der Waals surface area contributed by atoms with Gasteiger partial charge in [0.25, 0.3) is 0 Å². The van der Waals surface area contributed by atoms with Gasteiger partial charge in [-0.1, -0.05) is 48.5 Å². The molecule has 0 aliphatic heterocycles. The van der Waals surface area contributed by atoms with Gasteiger partial charge < -0.3 is 0 Å². The number of rotatable bonds is 4. The summed E-state index contributed by atoms with van der Waals surface area (Å²) in [5, 5.41) is 0. The van der Waals surface area contributed by atoms with Crippen molar-refractivity contribution in [3.05, 3.63) is 78.4 Å². The fourth-order valence-corrected chi connectivity index (χ4v) is 1.66. The van der Waals surface area contributed by atoms with E-state index < -0.39 is 0 Å². The summed E-state index contributed by atoms with van der Waals surface area (Å²) in [7, 11) is 0. The molecule has 1 heteroatoms. The second-order valence-corrected chi connectivity index (χ2v) is 3.79. The van der Waals surface area contributed by atoms with E-state index in [0.29, 0.717) is 0 Å². The Bertz CT molecular complexity index is 512. The van der Waals surface area contributed by atoms with Crippen LogP contribution >= 0.6 is 0 Å². The van der Waals surface area contributed by atoms with Crippen LogP contribution in [0, 0.1) is 0 Å². The number of nitrogens with zero attached hydrogens (tertiary/aromatic N) is 1. The second kappa shape index (κ2) is 5.80. The van der Waals surface area contributed by atoms with Crippen molar-refractivity contribution in [3.8, 4) is 0 Å². The van der Waals surface area contributed by atoms with E-state index in [2.05, 4.69) is 23.7 Å². The van der Waals surface area contributed by atoms with Crippen molar-refractivity contribution in [1.29, 1.82) is 0 Å². The Labute approximate surface area is 102 Å². The van der Waals surface area contributed by atoms with E-state index in [0.717, 1.165) is 17.7 Å². The van der Waals surface area contributed by atoms with Gasteiger partial charge in [0.05, 0.1) is 5.69 Å². The molecule has 0 radical (unpaired) electrons. The highest BCUT2D eigenvalue weighted by molar-refractivity contribution is 5.83. The molecule has 0 heterocycles. The molecule has 84 valence electrons. The summed E-state index contributed by atoms with van der Waals surface area (Å²) in [6, 6.07) is 18.2. The third-order valence-electron chi connectivity index (χ3n) is 2.53. The van der Waals surface area contributed by atoms with Gasteiger partial charge >= 0.3 is 0 Å². The standard InChI is InChI=1S/C16H15N/c1-2-8-14-9-6-7-10-15(14)13-17-16-11-4-3-5-12-16/h2-7,9-13H,1,8H2/b17-13-. The van der Waals surface area contributed by atoms with Crippen molar-refractivity contribution >= 4 is 11.9 Å². The van der Waals surface area contributed by atoms with Crippen LogP contribution in [0.3, 0.4) is 0 Å². The molecule has 0 aliphatic rings. The predicted octanol–water partition coefficient (Wildman–Crippen LogP) is 4.17. The number of para-hydroxylation sites is 1. The Morgan fingerprint density at radius 1 is 0.941 bits per heavy atom. The maximum Gasteiger partial charge on any atom is 0.0629 e. The van der Waals surface area contributed by atoms with Gasteiger partial charge in [-0.05, 0) is 29.7 Å². The summed E-state index contributed by atoms with van der Waals surface area (Å²) in [6.45, 7) is 3.77. The molecule has 0 saturated heterocycles. The van der Waals surface area contributed by atoms with Gasteiger partial charge in [0.15, 0.2) is 0 Å². The van der Waals surface area contributed by atoms with Crippen LogP contribution in [0.15, 0.2) is 72.2 Å². The average molecular weight is 221 g/mol. The highest BCUT2D eigenvalue weighted by Gasteiger charge is 1.96. The van der Waals surface area contributed by atoms with Crippen molar-refractivity contribution < 1.29 is 0 Å². The third-order valence-corrected chi connectivity index (χ3v) is 2.53. The molecule has 0 fully saturated rings. The fraction of sp³-hybridized carbons (Fsp3) is 0.0625. The average Bonchev–Trinajstić information content (AvgIpc) is 2.39. The molecular formula is C16H15N. The smallest absolute Gasteiger partial charge is 0.0629 e. The van der Waals surface area contributed by atoms with Crippen molar-refractivity contribution in [2.45, 2.75) is 6.42 Å². The topological polar surface area (TPSA) is 12.4 Å². The number of benzene rings is 2. The minimum Gasteiger partial charge on any atom is -0.256 e. The van der Waals surface area contributed by atoms with Gasteiger partial charge in [0.1, 0.15) is 0 Å². The van der Waals surface area contributed by atoms with E-state index in [1.54, 1.807) is 0 Å². The monoisotopic (exact) mass is 221 g/mol. The normalized spacial score (nSPS) is 10.6. The van der Waals surface area contributed by atoms with Crippen molar-refractivity contribution in [2.24, 2.45) is 4.99 Å². The predicted molar refractivity (Wildman–Crippen MR) is 74.0 cm³/mol. The van der Waals surface area contributed by atoms with Crippen LogP contribution in [0.5, 0.6) is 0 Å². The Balaban J connectivity index is 2.24. The van der Waals surface area contributed by atoms with Crippen LogP contribution in [0.1, 0.15) is 11.1 Å². The summed E-state index contributed by atoms with van der Waals surface area (Å²) in [5.74, 6) is 0. The van der Waals surface area contributed by atoms with Gasteiger partial charge in [-0.25, -0.2) is 0 Å². The molecule has 0 saturated carbocycles. The summed E-state index contributed by atoms with van der Waals surface area (Å²) in [5.41, 5.74) is 3.37. The minimum absolute atomic E-state index is 0.872. The molecule has 1 nitrogen and oxygen atoms in total. The van der Waals surface area contributed by atoms with E-state index in [-0.39, 0.29) is 0 Å². The van der Waals surface area contributed by atoms with Crippen molar-refractivity contribution in [2.75, 3.05) is 0 Å². The molecule has 0 N–H and O–H groups in total. The molecule has 0 amide bonds. The van der Waals surface area contributed by atoms with Gasteiger partial charge in [-0.3, -0.25) is 4.99 Å². The van der Waals surface area contributed by atoms with Crippen LogP contribution in [-0.2, 0) is 6.42 Å². The Kier molecular flexibility index (Phi) is 3.87. The fourth-order valence-electron chi connectivity index (χ4n) is 1.66. The lowest BCUT2D eigenvalue weighted by Gasteiger charge is -2.01. The molecule has 2 aromatic carbocycles. The van der Waals surface area contributed by atoms with Crippen LogP contribution in [0.4, 0.5) is 5.69 Å². The lowest BCUT2D eigenvalue weighted by molar-refractivity contribution is 1.27. The Morgan fingerprint density at radius 3 is 2.41 bits per heavy atom. The zero-order chi connectivity index (χ0) is 11.9. The first-order chi connectivity index (χ1) is 8.40. The van der Waals surface area contributed by atoms with E-state index in [4.69, 9.17) is 0 Å². The van der Waals surface area contributed by atoms with E-state index in [1.807, 2.05) is 54.8 Å². The summed E-state index contributed by atoms with van der Waals surface area (Å²) in [4.78, 5) is 4.46. The first kappa shape index (κ1) is 11.3. The van der Waals surface area contributed by atoms with Crippen molar-refractivity contribution in [3.63, 3.8) is 0 Å². The van der Waals surface area contributed by atoms with E-state index >= 15 is 0 Å². The zero-order valence-electron chi connectivity index (χ0n) is 9.71. The highest BCUT2D eigenvalue weighted by atomic mass is 14.7. The Morgan fingerprint density at radius 2 is 1.65 bits per heavy atom. The summed E-state index contributed by atoms with van der Waals surface area (Å²) in [6.07, 6.45) is 4.69. The number of aliphatic imine (C=N–C) groups is 1. The lowest BCUT2D eigenvalue weighted by Crippen LogP contribution is -1.90. The molecule has 0 aliphatic carbocycles. The van der Waals surface area contributed by atoms with Gasteiger partial charge in [0.2, 0.25) is 0 Å². The molecule has 0 spiro atoms. The number of hydrogen-bond donors (Lipinski definition) is 0. The molecule has 17 heavy (non-hydrogen) atoms. The quantitative estimate of drug-likeness (QED) is 0.543. The van der Waals surface area contributed by atoms with E-state index in [1.165, 1.54) is 5.56 Å². The van der Waals surface area contributed by atoms with Gasteiger partial charge in [-0.2, -0.15) is 0 Å². The maximum absolute atomic E-state index is 4.46. The highest BCUT2D eigenvalue weighted by Crippen LogP contribution is 2.12. The first-order valence-electron chi connectivity index (χ1n) is 5.68. The Hall–Kier alpha value is -2.15. The first-order valence-corrected chi connectivity index (χ1v) is 5.68. The number of allylic oxidation sites excluding steroid dienone is 1. The molecule has 0 bridgehead atoms. The lowest BCUT2D eigenvalue weighted by atomic mass is 10.1. The van der Waals surface area contributed by atoms with Crippen molar-refractivity contribution in [1.82, 2.24) is 0 Å². The number of hydrogen-bond acceptors (Lipinski definition) is 1. The minimum atomic E-state index is 0.872. The van der Waals surface area contributed by atoms with Crippen LogP contribution in [-0.4, -0.2) is 6.21 Å².